The van der Waals surface area contributed by atoms with Gasteiger partial charge in [-0.2, -0.15) is 0 Å². The Morgan fingerprint density at radius 1 is 1.29 bits per heavy atom. The van der Waals surface area contributed by atoms with Crippen molar-refractivity contribution >= 4 is 23.2 Å². The van der Waals surface area contributed by atoms with Crippen molar-refractivity contribution in [3.8, 4) is 0 Å². The Morgan fingerprint density at radius 2 is 2.00 bits per heavy atom. The zero-order chi connectivity index (χ0) is 12.3. The molecule has 4 heteroatoms. The number of piperidine rings is 1. The molecule has 0 saturated carbocycles. The van der Waals surface area contributed by atoms with Crippen molar-refractivity contribution in [2.75, 3.05) is 20.1 Å². The Hall–Kier alpha value is -0.280. The van der Waals surface area contributed by atoms with Crippen LogP contribution in [0.3, 0.4) is 0 Å². The van der Waals surface area contributed by atoms with E-state index in [1.165, 1.54) is 12.8 Å². The van der Waals surface area contributed by atoms with Crippen molar-refractivity contribution < 1.29 is 0 Å². The molecule has 2 nitrogen and oxygen atoms in total. The highest BCUT2D eigenvalue weighted by molar-refractivity contribution is 6.33. The van der Waals surface area contributed by atoms with E-state index in [0.717, 1.165) is 35.2 Å². The highest BCUT2D eigenvalue weighted by Gasteiger charge is 2.18. The van der Waals surface area contributed by atoms with E-state index in [1.807, 2.05) is 18.2 Å². The highest BCUT2D eigenvalue weighted by atomic mass is 35.5. The average Bonchev–Trinajstić information content (AvgIpc) is 2.35. The molecule has 1 N–H and O–H groups in total. The summed E-state index contributed by atoms with van der Waals surface area (Å²) in [4.78, 5) is 2.37. The van der Waals surface area contributed by atoms with Crippen LogP contribution in [-0.2, 0) is 6.54 Å². The van der Waals surface area contributed by atoms with Gasteiger partial charge in [-0.15, -0.1) is 0 Å². The number of halogens is 2. The molecule has 0 unspecified atom stereocenters. The van der Waals surface area contributed by atoms with Crippen LogP contribution in [0.1, 0.15) is 18.4 Å². The molecule has 17 heavy (non-hydrogen) atoms. The molecule has 0 aromatic heterocycles. The molecule has 1 heterocycles. The molecule has 1 aromatic carbocycles. The second-order valence-electron chi connectivity index (χ2n) is 4.63. The van der Waals surface area contributed by atoms with Gasteiger partial charge in [-0.3, -0.25) is 4.90 Å². The van der Waals surface area contributed by atoms with E-state index in [1.54, 1.807) is 0 Å². The van der Waals surface area contributed by atoms with Crippen LogP contribution in [0, 0.1) is 0 Å². The van der Waals surface area contributed by atoms with Crippen molar-refractivity contribution in [3.05, 3.63) is 33.8 Å². The second-order valence-corrected chi connectivity index (χ2v) is 5.48. The molecule has 1 saturated heterocycles. The summed E-state index contributed by atoms with van der Waals surface area (Å²) in [7, 11) is 2.16. The summed E-state index contributed by atoms with van der Waals surface area (Å²) in [6.07, 6.45) is 2.41. The fraction of sp³-hybridized carbons (Fsp3) is 0.538. The van der Waals surface area contributed by atoms with Gasteiger partial charge < -0.3 is 5.32 Å². The summed E-state index contributed by atoms with van der Waals surface area (Å²) in [6, 6.07) is 6.31. The van der Waals surface area contributed by atoms with E-state index in [0.29, 0.717) is 6.04 Å². The van der Waals surface area contributed by atoms with E-state index < -0.39 is 0 Å². The lowest BCUT2D eigenvalue weighted by Gasteiger charge is -2.31. The minimum absolute atomic E-state index is 0.645. The zero-order valence-electron chi connectivity index (χ0n) is 10.0. The molecule has 0 atom stereocenters. The molecule has 0 radical (unpaired) electrons. The van der Waals surface area contributed by atoms with Crippen molar-refractivity contribution in [3.63, 3.8) is 0 Å². The first-order chi connectivity index (χ1) is 8.16. The lowest BCUT2D eigenvalue weighted by Crippen LogP contribution is -2.40. The molecule has 0 aliphatic carbocycles. The minimum atomic E-state index is 0.645. The van der Waals surface area contributed by atoms with Gasteiger partial charge in [-0.1, -0.05) is 23.2 Å². The number of hydrogen-bond donors (Lipinski definition) is 1. The van der Waals surface area contributed by atoms with Gasteiger partial charge in [-0.25, -0.2) is 0 Å². The minimum Gasteiger partial charge on any atom is -0.317 e. The van der Waals surface area contributed by atoms with Crippen molar-refractivity contribution in [1.29, 1.82) is 0 Å². The first-order valence-electron chi connectivity index (χ1n) is 6.01. The second kappa shape index (κ2) is 6.05. The zero-order valence-corrected chi connectivity index (χ0v) is 11.6. The Morgan fingerprint density at radius 3 is 2.71 bits per heavy atom. The number of nitrogens with one attached hydrogen (secondary N) is 1. The lowest BCUT2D eigenvalue weighted by molar-refractivity contribution is 0.192. The number of hydrogen-bond acceptors (Lipinski definition) is 2. The summed E-state index contributed by atoms with van der Waals surface area (Å²) < 4.78 is 0. The van der Waals surface area contributed by atoms with E-state index >= 15 is 0 Å². The summed E-state index contributed by atoms with van der Waals surface area (Å²) in [5, 5.41) is 4.93. The van der Waals surface area contributed by atoms with Gasteiger partial charge in [0.25, 0.3) is 0 Å². The Bertz CT molecular complexity index is 376. The quantitative estimate of drug-likeness (QED) is 0.910. The standard InChI is InChI=1S/C13H18Cl2N2/c1-17(12-4-6-16-7-5-12)9-10-8-11(14)2-3-13(10)15/h2-3,8,12,16H,4-7,9H2,1H3. The number of nitrogens with zero attached hydrogens (tertiary/aromatic N) is 1. The molecule has 94 valence electrons. The summed E-state index contributed by atoms with van der Waals surface area (Å²) in [5.74, 6) is 0. The molecule has 1 fully saturated rings. The molecule has 0 amide bonds. The molecule has 1 aromatic rings. The van der Waals surface area contributed by atoms with Gasteiger partial charge in [0.15, 0.2) is 0 Å². The number of benzene rings is 1. The lowest BCUT2D eigenvalue weighted by atomic mass is 10.0. The van der Waals surface area contributed by atoms with Crippen molar-refractivity contribution in [2.45, 2.75) is 25.4 Å². The SMILES string of the molecule is CN(Cc1cc(Cl)ccc1Cl)C1CCNCC1. The van der Waals surface area contributed by atoms with Crippen LogP contribution < -0.4 is 5.32 Å². The van der Waals surface area contributed by atoms with E-state index in [9.17, 15) is 0 Å². The molecule has 1 aliphatic rings. The van der Waals surface area contributed by atoms with Crippen LogP contribution >= 0.6 is 23.2 Å². The Labute approximate surface area is 113 Å². The third kappa shape index (κ3) is 3.59. The van der Waals surface area contributed by atoms with Crippen LogP contribution in [0.25, 0.3) is 0 Å². The van der Waals surface area contributed by atoms with Crippen molar-refractivity contribution in [2.24, 2.45) is 0 Å². The van der Waals surface area contributed by atoms with Gasteiger partial charge in [0.2, 0.25) is 0 Å². The van der Waals surface area contributed by atoms with E-state index in [4.69, 9.17) is 23.2 Å². The van der Waals surface area contributed by atoms with Gasteiger partial charge in [0.05, 0.1) is 0 Å². The average molecular weight is 273 g/mol. The molecule has 0 bridgehead atoms. The first-order valence-corrected chi connectivity index (χ1v) is 6.77. The highest BCUT2D eigenvalue weighted by Crippen LogP contribution is 2.23. The first kappa shape index (κ1) is 13.2. The third-order valence-corrected chi connectivity index (χ3v) is 3.96. The molecular formula is C13H18Cl2N2. The van der Waals surface area contributed by atoms with Gasteiger partial charge in [-0.05, 0) is 56.7 Å². The maximum atomic E-state index is 6.18. The summed E-state index contributed by atoms with van der Waals surface area (Å²) in [5.41, 5.74) is 1.11. The summed E-state index contributed by atoms with van der Waals surface area (Å²) in [6.45, 7) is 3.08. The Kier molecular flexibility index (Phi) is 4.69. The topological polar surface area (TPSA) is 15.3 Å². The normalized spacial score (nSPS) is 17.6. The Balaban J connectivity index is 2.01. The van der Waals surface area contributed by atoms with E-state index in [2.05, 4.69) is 17.3 Å². The van der Waals surface area contributed by atoms with Crippen LogP contribution in [0.15, 0.2) is 18.2 Å². The number of rotatable bonds is 3. The van der Waals surface area contributed by atoms with Gasteiger partial charge >= 0.3 is 0 Å². The predicted octanol–water partition coefficient (Wildman–Crippen LogP) is 3.18. The van der Waals surface area contributed by atoms with Crippen LogP contribution in [-0.4, -0.2) is 31.1 Å². The third-order valence-electron chi connectivity index (χ3n) is 3.36. The van der Waals surface area contributed by atoms with Crippen LogP contribution in [0.4, 0.5) is 0 Å². The largest absolute Gasteiger partial charge is 0.317 e. The van der Waals surface area contributed by atoms with Gasteiger partial charge in [0.1, 0.15) is 0 Å². The monoisotopic (exact) mass is 272 g/mol. The predicted molar refractivity (Wildman–Crippen MR) is 73.8 cm³/mol. The van der Waals surface area contributed by atoms with Crippen molar-refractivity contribution in [1.82, 2.24) is 10.2 Å². The fourth-order valence-electron chi connectivity index (χ4n) is 2.31. The smallest absolute Gasteiger partial charge is 0.0452 e. The maximum absolute atomic E-state index is 6.18. The van der Waals surface area contributed by atoms with Crippen LogP contribution in [0.2, 0.25) is 10.0 Å². The molecular weight excluding hydrogens is 255 g/mol. The molecule has 1 aliphatic heterocycles. The maximum Gasteiger partial charge on any atom is 0.0452 e. The fourth-order valence-corrected chi connectivity index (χ4v) is 2.68. The van der Waals surface area contributed by atoms with Gasteiger partial charge in [0, 0.05) is 22.6 Å². The van der Waals surface area contributed by atoms with E-state index in [-0.39, 0.29) is 0 Å². The molecule has 2 rings (SSSR count). The summed E-state index contributed by atoms with van der Waals surface area (Å²) >= 11 is 12.2. The molecule has 0 spiro atoms. The van der Waals surface area contributed by atoms with Crippen LogP contribution in [0.5, 0.6) is 0 Å².